The first-order valence-corrected chi connectivity index (χ1v) is 13.7. The molecule has 0 aromatic heterocycles. The first kappa shape index (κ1) is 29.5. The van der Waals surface area contributed by atoms with Gasteiger partial charge in [0.15, 0.2) is 0 Å². The number of carbonyl (C=O) groups is 3. The number of nitrogens with one attached hydrogen (secondary N) is 3. The number of carbonyl (C=O) groups excluding carboxylic acids is 3. The Kier molecular flexibility index (Phi) is 11.4. The number of benzene rings is 2. The molecule has 1 heterocycles. The van der Waals surface area contributed by atoms with Gasteiger partial charge in [-0.15, -0.1) is 0 Å². The molecular formula is C29H39ClN4O4. The highest BCUT2D eigenvalue weighted by Gasteiger charge is 2.30. The molecule has 8 nitrogen and oxygen atoms in total. The molecule has 0 unspecified atom stereocenters. The largest absolute Gasteiger partial charge is 0.492 e. The highest BCUT2D eigenvalue weighted by Crippen LogP contribution is 2.19. The van der Waals surface area contributed by atoms with Crippen LogP contribution in [-0.2, 0) is 27.2 Å². The minimum Gasteiger partial charge on any atom is -0.492 e. The molecule has 0 bridgehead atoms. The summed E-state index contributed by atoms with van der Waals surface area (Å²) in [6, 6.07) is 13.1. The highest BCUT2D eigenvalue weighted by molar-refractivity contribution is 6.30. The lowest BCUT2D eigenvalue weighted by molar-refractivity contribution is -0.141. The summed E-state index contributed by atoms with van der Waals surface area (Å²) in [7, 11) is 1.62. The predicted octanol–water partition coefficient (Wildman–Crippen LogP) is 3.11. The molecule has 3 rings (SSSR count). The molecule has 3 amide bonds. The Labute approximate surface area is 230 Å². The van der Waals surface area contributed by atoms with E-state index in [1.807, 2.05) is 43.3 Å². The Morgan fingerprint density at radius 2 is 1.74 bits per heavy atom. The van der Waals surface area contributed by atoms with Crippen LogP contribution < -0.4 is 20.7 Å². The molecule has 0 saturated heterocycles. The van der Waals surface area contributed by atoms with Gasteiger partial charge < -0.3 is 25.6 Å². The minimum atomic E-state index is -0.798. The van der Waals surface area contributed by atoms with Crippen LogP contribution in [0.4, 0.5) is 0 Å². The predicted molar refractivity (Wildman–Crippen MR) is 149 cm³/mol. The molecule has 1 aliphatic rings. The maximum Gasteiger partial charge on any atom is 0.243 e. The molecule has 2 aromatic rings. The van der Waals surface area contributed by atoms with Gasteiger partial charge in [0.25, 0.3) is 0 Å². The van der Waals surface area contributed by atoms with E-state index in [4.69, 9.17) is 16.3 Å². The van der Waals surface area contributed by atoms with Gasteiger partial charge in [0.2, 0.25) is 17.7 Å². The molecule has 1 aliphatic heterocycles. The fourth-order valence-electron chi connectivity index (χ4n) is 4.43. The Bertz CT molecular complexity index is 1080. The average molecular weight is 543 g/mol. The molecule has 0 fully saturated rings. The van der Waals surface area contributed by atoms with Crippen molar-refractivity contribution in [1.29, 1.82) is 0 Å². The van der Waals surface area contributed by atoms with Crippen LogP contribution in [0, 0.1) is 0 Å². The fraction of sp³-hybridized carbons (Fsp3) is 0.483. The van der Waals surface area contributed by atoms with E-state index in [-0.39, 0.29) is 17.7 Å². The SMILES string of the molecule is CCC[C@@H]1NCCOc2ccccc2CCCNC(=O)[C@@H](Cc2ccc(Cl)cc2)NC(=O)[C@@H](C)N(C)C1=O. The second kappa shape index (κ2) is 14.7. The van der Waals surface area contributed by atoms with Crippen molar-refractivity contribution in [1.82, 2.24) is 20.9 Å². The number of ether oxygens (including phenoxy) is 1. The van der Waals surface area contributed by atoms with E-state index in [1.54, 1.807) is 26.1 Å². The van der Waals surface area contributed by atoms with Gasteiger partial charge in [-0.3, -0.25) is 14.4 Å². The molecule has 206 valence electrons. The number of halogens is 1. The number of nitrogens with zero attached hydrogens (tertiary/aromatic N) is 1. The van der Waals surface area contributed by atoms with E-state index in [0.29, 0.717) is 37.6 Å². The normalized spacial score (nSPS) is 22.4. The first-order chi connectivity index (χ1) is 18.3. The summed E-state index contributed by atoms with van der Waals surface area (Å²) >= 11 is 6.02. The van der Waals surface area contributed by atoms with E-state index in [0.717, 1.165) is 36.1 Å². The van der Waals surface area contributed by atoms with Crippen LogP contribution in [0.2, 0.25) is 5.02 Å². The third-order valence-electron chi connectivity index (χ3n) is 6.81. The van der Waals surface area contributed by atoms with Crippen LogP contribution in [0.1, 0.15) is 44.2 Å². The second-order valence-electron chi connectivity index (χ2n) is 9.66. The number of rotatable bonds is 4. The minimum absolute atomic E-state index is 0.172. The standard InChI is InChI=1S/C29H39ClN4O4/c1-4-8-24-29(37)34(3)20(2)27(35)33-25(19-21-12-14-23(30)15-13-21)28(36)32-16-7-10-22-9-5-6-11-26(22)38-18-17-31-24/h5-6,9,11-15,20,24-25,31H,4,7-8,10,16-19H2,1-3H3,(H,32,36)(H,33,35)/t20-,24+,25-/m1/s1. The van der Waals surface area contributed by atoms with Crippen LogP contribution in [0.15, 0.2) is 48.5 Å². The maximum absolute atomic E-state index is 13.3. The Hall–Kier alpha value is -3.10. The molecule has 0 spiro atoms. The zero-order chi connectivity index (χ0) is 27.5. The number of aryl methyl sites for hydroxylation is 1. The van der Waals surface area contributed by atoms with Crippen LogP contribution in [0.5, 0.6) is 5.75 Å². The van der Waals surface area contributed by atoms with Crippen molar-refractivity contribution in [2.45, 2.75) is 64.1 Å². The van der Waals surface area contributed by atoms with Gasteiger partial charge in [-0.1, -0.05) is 55.3 Å². The smallest absolute Gasteiger partial charge is 0.243 e. The van der Waals surface area contributed by atoms with Crippen LogP contribution in [0.3, 0.4) is 0 Å². The molecule has 38 heavy (non-hydrogen) atoms. The van der Waals surface area contributed by atoms with Crippen molar-refractivity contribution < 1.29 is 19.1 Å². The van der Waals surface area contributed by atoms with Crippen LogP contribution in [0.25, 0.3) is 0 Å². The topological polar surface area (TPSA) is 99.8 Å². The van der Waals surface area contributed by atoms with E-state index < -0.39 is 18.1 Å². The molecular weight excluding hydrogens is 504 g/mol. The average Bonchev–Trinajstić information content (AvgIpc) is 2.92. The monoisotopic (exact) mass is 542 g/mol. The third kappa shape index (κ3) is 8.46. The number of likely N-dealkylation sites (N-methyl/N-ethyl adjacent to an activating group) is 1. The number of fused-ring (bicyclic) bond motifs is 1. The third-order valence-corrected chi connectivity index (χ3v) is 7.07. The molecule has 0 aliphatic carbocycles. The van der Waals surface area contributed by atoms with E-state index in [2.05, 4.69) is 16.0 Å². The summed E-state index contributed by atoms with van der Waals surface area (Å²) in [5, 5.41) is 9.75. The second-order valence-corrected chi connectivity index (χ2v) is 10.1. The summed E-state index contributed by atoms with van der Waals surface area (Å²) in [6.07, 6.45) is 3.20. The number of hydrogen-bond donors (Lipinski definition) is 3. The molecule has 3 N–H and O–H groups in total. The van der Waals surface area contributed by atoms with Crippen molar-refractivity contribution in [2.24, 2.45) is 0 Å². The molecule has 0 radical (unpaired) electrons. The van der Waals surface area contributed by atoms with E-state index in [9.17, 15) is 14.4 Å². The van der Waals surface area contributed by atoms with E-state index >= 15 is 0 Å². The molecule has 0 saturated carbocycles. The summed E-state index contributed by atoms with van der Waals surface area (Å²) < 4.78 is 6.02. The highest BCUT2D eigenvalue weighted by atomic mass is 35.5. The Morgan fingerprint density at radius 1 is 1.00 bits per heavy atom. The quantitative estimate of drug-likeness (QED) is 0.551. The summed E-state index contributed by atoms with van der Waals surface area (Å²) in [5.74, 6) is -0.0253. The summed E-state index contributed by atoms with van der Waals surface area (Å²) in [5.41, 5.74) is 1.93. The van der Waals surface area contributed by atoms with Crippen LogP contribution in [-0.4, -0.2) is 67.5 Å². The van der Waals surface area contributed by atoms with Crippen molar-refractivity contribution in [3.8, 4) is 5.75 Å². The number of amides is 3. The molecule has 3 atom stereocenters. The lowest BCUT2D eigenvalue weighted by Crippen LogP contribution is -2.56. The van der Waals surface area contributed by atoms with Gasteiger partial charge in [-0.05, 0) is 55.5 Å². The maximum atomic E-state index is 13.3. The Morgan fingerprint density at radius 3 is 2.47 bits per heavy atom. The van der Waals surface area contributed by atoms with Gasteiger partial charge in [-0.2, -0.15) is 0 Å². The van der Waals surface area contributed by atoms with Crippen LogP contribution >= 0.6 is 11.6 Å². The first-order valence-electron chi connectivity index (χ1n) is 13.3. The lowest BCUT2D eigenvalue weighted by Gasteiger charge is -2.30. The molecule has 9 heteroatoms. The van der Waals surface area contributed by atoms with Gasteiger partial charge in [0.1, 0.15) is 24.4 Å². The van der Waals surface area contributed by atoms with Crippen molar-refractivity contribution >= 4 is 29.3 Å². The zero-order valence-corrected chi connectivity index (χ0v) is 23.2. The fourth-order valence-corrected chi connectivity index (χ4v) is 4.56. The number of para-hydroxylation sites is 1. The van der Waals surface area contributed by atoms with Gasteiger partial charge in [-0.25, -0.2) is 0 Å². The van der Waals surface area contributed by atoms with Crippen molar-refractivity contribution in [3.63, 3.8) is 0 Å². The van der Waals surface area contributed by atoms with Crippen molar-refractivity contribution in [3.05, 3.63) is 64.7 Å². The lowest BCUT2D eigenvalue weighted by atomic mass is 10.0. The van der Waals surface area contributed by atoms with Crippen molar-refractivity contribution in [2.75, 3.05) is 26.7 Å². The zero-order valence-electron chi connectivity index (χ0n) is 22.5. The van der Waals surface area contributed by atoms with Gasteiger partial charge in [0, 0.05) is 31.6 Å². The number of hydrogen-bond acceptors (Lipinski definition) is 5. The summed E-state index contributed by atoms with van der Waals surface area (Å²) in [6.45, 7) is 5.05. The van der Waals surface area contributed by atoms with Gasteiger partial charge in [0.05, 0.1) is 6.04 Å². The van der Waals surface area contributed by atoms with Gasteiger partial charge >= 0.3 is 0 Å². The van der Waals surface area contributed by atoms with E-state index in [1.165, 1.54) is 4.90 Å². The molecule has 2 aromatic carbocycles. The summed E-state index contributed by atoms with van der Waals surface area (Å²) in [4.78, 5) is 41.2. The Balaban J connectivity index is 1.83.